The van der Waals surface area contributed by atoms with Crippen LogP contribution in [-0.2, 0) is 0 Å². The largest absolute Gasteiger partial charge is 0.397 e. The zero-order valence-corrected chi connectivity index (χ0v) is 10.8. The molecule has 1 heterocycles. The third-order valence-electron chi connectivity index (χ3n) is 3.02. The van der Waals surface area contributed by atoms with Crippen LogP contribution in [0.25, 0.3) is 0 Å². The Morgan fingerprint density at radius 1 is 1.12 bits per heavy atom. The molecule has 4 heteroatoms. The molecule has 0 amide bonds. The number of benzene rings is 1. The topological polar surface area (TPSA) is 29.3 Å². The normalized spacial score (nSPS) is 17.2. The number of hydrogen-bond donors (Lipinski definition) is 1. The van der Waals surface area contributed by atoms with Crippen LogP contribution in [0.1, 0.15) is 25.7 Å². The molecule has 0 radical (unpaired) electrons. The second-order valence-corrected chi connectivity index (χ2v) is 5.08. The summed E-state index contributed by atoms with van der Waals surface area (Å²) in [5.41, 5.74) is 7.35. The maximum absolute atomic E-state index is 13.3. The Hall–Kier alpha value is -0.770. The second kappa shape index (κ2) is 5.04. The molecule has 1 aromatic rings. The van der Waals surface area contributed by atoms with E-state index in [0.717, 1.165) is 18.8 Å². The van der Waals surface area contributed by atoms with E-state index < -0.39 is 0 Å². The van der Waals surface area contributed by atoms with Gasteiger partial charge in [-0.1, -0.05) is 12.8 Å². The van der Waals surface area contributed by atoms with Gasteiger partial charge in [0.1, 0.15) is 5.82 Å². The Morgan fingerprint density at radius 3 is 2.38 bits per heavy atom. The van der Waals surface area contributed by atoms with Gasteiger partial charge in [-0.15, -0.1) is 0 Å². The van der Waals surface area contributed by atoms with Gasteiger partial charge in [-0.2, -0.15) is 0 Å². The molecule has 0 bridgehead atoms. The fraction of sp³-hybridized carbons (Fsp3) is 0.500. The standard InChI is InChI=1S/C12H16BrFN2/c13-9-7-12(11(15)8-10(9)14)16-5-3-1-2-4-6-16/h7-8H,1-6,15H2. The minimum Gasteiger partial charge on any atom is -0.397 e. The van der Waals surface area contributed by atoms with E-state index in [0.29, 0.717) is 10.2 Å². The molecular weight excluding hydrogens is 271 g/mol. The zero-order chi connectivity index (χ0) is 11.5. The first-order chi connectivity index (χ1) is 7.68. The SMILES string of the molecule is Nc1cc(F)c(Br)cc1N1CCCCCC1. The summed E-state index contributed by atoms with van der Waals surface area (Å²) in [5.74, 6) is -0.295. The Balaban J connectivity index is 2.27. The molecule has 0 unspecified atom stereocenters. The molecule has 2 nitrogen and oxygen atoms in total. The van der Waals surface area contributed by atoms with Crippen LogP contribution in [0.15, 0.2) is 16.6 Å². The smallest absolute Gasteiger partial charge is 0.139 e. The van der Waals surface area contributed by atoms with E-state index in [9.17, 15) is 4.39 Å². The lowest BCUT2D eigenvalue weighted by Crippen LogP contribution is -2.24. The Labute approximate surface area is 104 Å². The molecule has 0 spiro atoms. The number of nitrogens with zero attached hydrogens (tertiary/aromatic N) is 1. The van der Waals surface area contributed by atoms with Gasteiger partial charge in [0.2, 0.25) is 0 Å². The molecule has 0 saturated carbocycles. The van der Waals surface area contributed by atoms with Crippen molar-refractivity contribution in [1.29, 1.82) is 0 Å². The van der Waals surface area contributed by atoms with Gasteiger partial charge in [0.25, 0.3) is 0 Å². The molecule has 16 heavy (non-hydrogen) atoms. The number of hydrogen-bond acceptors (Lipinski definition) is 2. The average molecular weight is 287 g/mol. The van der Waals surface area contributed by atoms with E-state index in [1.807, 2.05) is 0 Å². The van der Waals surface area contributed by atoms with Crippen LogP contribution >= 0.6 is 15.9 Å². The highest BCUT2D eigenvalue weighted by molar-refractivity contribution is 9.10. The van der Waals surface area contributed by atoms with Crippen molar-refractivity contribution in [1.82, 2.24) is 0 Å². The van der Waals surface area contributed by atoms with Gasteiger partial charge in [-0.25, -0.2) is 4.39 Å². The van der Waals surface area contributed by atoms with Gasteiger partial charge < -0.3 is 10.6 Å². The molecule has 88 valence electrons. The van der Waals surface area contributed by atoms with Crippen LogP contribution in [0.2, 0.25) is 0 Å². The maximum atomic E-state index is 13.3. The second-order valence-electron chi connectivity index (χ2n) is 4.23. The lowest BCUT2D eigenvalue weighted by molar-refractivity contribution is 0.621. The third-order valence-corrected chi connectivity index (χ3v) is 3.62. The highest BCUT2D eigenvalue weighted by Crippen LogP contribution is 2.31. The van der Waals surface area contributed by atoms with E-state index >= 15 is 0 Å². The molecule has 2 N–H and O–H groups in total. The molecule has 0 aliphatic carbocycles. The van der Waals surface area contributed by atoms with E-state index in [2.05, 4.69) is 20.8 Å². The van der Waals surface area contributed by atoms with Crippen molar-refractivity contribution >= 4 is 27.3 Å². The Kier molecular flexibility index (Phi) is 3.69. The molecule has 2 rings (SSSR count). The summed E-state index contributed by atoms with van der Waals surface area (Å²) >= 11 is 3.21. The van der Waals surface area contributed by atoms with Crippen molar-refractivity contribution in [3.8, 4) is 0 Å². The van der Waals surface area contributed by atoms with E-state index in [1.165, 1.54) is 31.7 Å². The number of anilines is 2. The molecule has 1 aliphatic heterocycles. The molecule has 1 saturated heterocycles. The van der Waals surface area contributed by atoms with E-state index in [4.69, 9.17) is 5.73 Å². The lowest BCUT2D eigenvalue weighted by atomic mass is 10.2. The summed E-state index contributed by atoms with van der Waals surface area (Å²) in [5, 5.41) is 0. The predicted octanol–water partition coefficient (Wildman–Crippen LogP) is 3.55. The highest BCUT2D eigenvalue weighted by atomic mass is 79.9. The van der Waals surface area contributed by atoms with Gasteiger partial charge in [-0.3, -0.25) is 0 Å². The summed E-state index contributed by atoms with van der Waals surface area (Å²) in [4.78, 5) is 2.26. The molecule has 1 fully saturated rings. The van der Waals surface area contributed by atoms with E-state index in [1.54, 1.807) is 6.07 Å². The van der Waals surface area contributed by atoms with Crippen molar-refractivity contribution < 1.29 is 4.39 Å². The van der Waals surface area contributed by atoms with Crippen molar-refractivity contribution in [3.05, 3.63) is 22.4 Å². The summed E-state index contributed by atoms with van der Waals surface area (Å²) < 4.78 is 13.7. The minimum atomic E-state index is -0.295. The van der Waals surface area contributed by atoms with Gasteiger partial charge >= 0.3 is 0 Å². The first kappa shape index (κ1) is 11.7. The van der Waals surface area contributed by atoms with Gasteiger partial charge in [0.15, 0.2) is 0 Å². The number of rotatable bonds is 1. The molecule has 1 aliphatic rings. The third kappa shape index (κ3) is 2.48. The summed E-state index contributed by atoms with van der Waals surface area (Å²) in [6.45, 7) is 2.03. The van der Waals surface area contributed by atoms with Crippen LogP contribution in [0.3, 0.4) is 0 Å². The van der Waals surface area contributed by atoms with Crippen LogP contribution in [0.5, 0.6) is 0 Å². The number of nitrogens with two attached hydrogens (primary N) is 1. The average Bonchev–Trinajstić information content (AvgIpc) is 2.52. The van der Waals surface area contributed by atoms with Crippen LogP contribution < -0.4 is 10.6 Å². The van der Waals surface area contributed by atoms with Crippen molar-refractivity contribution in [2.75, 3.05) is 23.7 Å². The first-order valence-electron chi connectivity index (χ1n) is 5.68. The summed E-state index contributed by atoms with van der Waals surface area (Å²) in [6.07, 6.45) is 4.93. The van der Waals surface area contributed by atoms with Gasteiger partial charge in [0, 0.05) is 19.2 Å². The Morgan fingerprint density at radius 2 is 1.75 bits per heavy atom. The van der Waals surface area contributed by atoms with Gasteiger partial charge in [-0.05, 0) is 34.8 Å². The van der Waals surface area contributed by atoms with Crippen LogP contribution in [0.4, 0.5) is 15.8 Å². The molecule has 0 atom stereocenters. The van der Waals surface area contributed by atoms with Crippen molar-refractivity contribution in [2.45, 2.75) is 25.7 Å². The number of halogens is 2. The zero-order valence-electron chi connectivity index (χ0n) is 9.18. The van der Waals surface area contributed by atoms with Crippen LogP contribution in [0, 0.1) is 5.82 Å². The highest BCUT2D eigenvalue weighted by Gasteiger charge is 2.14. The van der Waals surface area contributed by atoms with E-state index in [-0.39, 0.29) is 5.82 Å². The van der Waals surface area contributed by atoms with Crippen molar-refractivity contribution in [2.24, 2.45) is 0 Å². The predicted molar refractivity (Wildman–Crippen MR) is 69.2 cm³/mol. The van der Waals surface area contributed by atoms with Gasteiger partial charge in [0.05, 0.1) is 15.8 Å². The summed E-state index contributed by atoms with van der Waals surface area (Å²) in [7, 11) is 0. The van der Waals surface area contributed by atoms with Crippen molar-refractivity contribution in [3.63, 3.8) is 0 Å². The Bertz CT molecular complexity index is 374. The molecule has 1 aromatic carbocycles. The fourth-order valence-electron chi connectivity index (χ4n) is 2.14. The molecule has 0 aromatic heterocycles. The maximum Gasteiger partial charge on any atom is 0.139 e. The number of nitrogen functional groups attached to an aromatic ring is 1. The first-order valence-corrected chi connectivity index (χ1v) is 6.47. The quantitative estimate of drug-likeness (QED) is 0.800. The lowest BCUT2D eigenvalue weighted by Gasteiger charge is -2.24. The minimum absolute atomic E-state index is 0.295. The monoisotopic (exact) mass is 286 g/mol. The van der Waals surface area contributed by atoms with Crippen LogP contribution in [-0.4, -0.2) is 13.1 Å². The fourth-order valence-corrected chi connectivity index (χ4v) is 2.47. The molecular formula is C12H16BrFN2. The summed E-state index contributed by atoms with van der Waals surface area (Å²) in [6, 6.07) is 3.18.